The van der Waals surface area contributed by atoms with E-state index in [4.69, 9.17) is 46.5 Å². The van der Waals surface area contributed by atoms with Gasteiger partial charge in [0.05, 0.1) is 25.9 Å². The van der Waals surface area contributed by atoms with Gasteiger partial charge in [0.25, 0.3) is 5.56 Å². The molecule has 7 rings (SSSR count). The molecule has 3 aliphatic heterocycles. The summed E-state index contributed by atoms with van der Waals surface area (Å²) in [6.07, 6.45) is -4.06. The van der Waals surface area contributed by atoms with Gasteiger partial charge in [-0.3, -0.25) is 18.9 Å². The number of nitrogens with two attached hydrogens (primary N) is 2. The summed E-state index contributed by atoms with van der Waals surface area (Å²) in [5, 5.41) is 11.2. The lowest BCUT2D eigenvalue weighted by Crippen LogP contribution is -2.45. The Balaban J connectivity index is 1.18. The monoisotopic (exact) mass is 705 g/mol. The van der Waals surface area contributed by atoms with Crippen LogP contribution in [0.1, 0.15) is 12.5 Å². The Hall–Kier alpha value is -2.75. The first-order valence-electron chi connectivity index (χ1n) is 13.1. The van der Waals surface area contributed by atoms with E-state index in [1.807, 2.05) is 0 Å². The van der Waals surface area contributed by atoms with Crippen LogP contribution in [0.2, 0.25) is 0 Å². The van der Waals surface area contributed by atoms with Crippen molar-refractivity contribution in [2.75, 3.05) is 31.3 Å². The maximum Gasteiger partial charge on any atom is 0.582 e. The molecule has 240 valence electrons. The van der Waals surface area contributed by atoms with Gasteiger partial charge in [-0.15, -0.1) is 4.52 Å². The van der Waals surface area contributed by atoms with Crippen molar-refractivity contribution in [2.24, 2.45) is 0 Å². The Morgan fingerprint density at radius 3 is 2.71 bits per heavy atom. The van der Waals surface area contributed by atoms with E-state index >= 15 is 4.39 Å². The molecule has 7 N–H and O–H groups in total. The summed E-state index contributed by atoms with van der Waals surface area (Å²) < 4.78 is 59.1. The number of nitrogen functional groups attached to an aromatic ring is 2. The number of aliphatic hydroxyl groups is 1. The van der Waals surface area contributed by atoms with E-state index in [1.165, 1.54) is 21.8 Å². The van der Waals surface area contributed by atoms with Crippen LogP contribution in [0.3, 0.4) is 0 Å². The van der Waals surface area contributed by atoms with Gasteiger partial charge in [0.2, 0.25) is 5.95 Å². The molecule has 24 heteroatoms. The Bertz CT molecular complexity index is 1930. The second kappa shape index (κ2) is 11.2. The summed E-state index contributed by atoms with van der Waals surface area (Å²) in [5.74, 6) is -0.0986. The number of halogens is 1. The average Bonchev–Trinajstić information content (AvgIpc) is 3.79. The van der Waals surface area contributed by atoms with Gasteiger partial charge in [-0.05, 0) is 16.4 Å². The van der Waals surface area contributed by atoms with Crippen LogP contribution < -0.4 is 17.0 Å². The van der Waals surface area contributed by atoms with Crippen molar-refractivity contribution in [3.8, 4) is 0 Å². The minimum absolute atomic E-state index is 0.0738. The van der Waals surface area contributed by atoms with Crippen molar-refractivity contribution in [3.05, 3.63) is 29.3 Å². The number of rotatable bonds is 9. The van der Waals surface area contributed by atoms with Gasteiger partial charge in [-0.2, -0.15) is 4.98 Å². The molecule has 10 atom stereocenters. The Morgan fingerprint density at radius 2 is 1.96 bits per heavy atom. The molecule has 3 saturated heterocycles. The topological polar surface area (TPSA) is 263 Å². The van der Waals surface area contributed by atoms with Gasteiger partial charge in [0.15, 0.2) is 41.6 Å². The molecule has 7 heterocycles. The summed E-state index contributed by atoms with van der Waals surface area (Å²) in [7, 11) is -2.42. The minimum atomic E-state index is -4.23. The third-order valence-electron chi connectivity index (χ3n) is 7.90. The summed E-state index contributed by atoms with van der Waals surface area (Å²) in [4.78, 5) is 46.8. The SMILES string of the molecule is Nc1nc2c(ncn2[C@@H]2O[C@H](CO[P+](=O)S)[C@@H](F)[C@H]2P(O)(=S)OC[C@@]23CO[C@@H]([C@H](n4cnc5c(N)ncnc54)O2)[C@@H]3O)c(=O)[nH]1. The number of hydrogen-bond acceptors (Lipinski definition) is 16. The Labute approximate surface area is 261 Å². The fraction of sp³-hybridized carbons (Fsp3) is 0.524. The Kier molecular flexibility index (Phi) is 7.68. The number of imidazole rings is 2. The predicted molar refractivity (Wildman–Crippen MR) is 158 cm³/mol. The summed E-state index contributed by atoms with van der Waals surface area (Å²) >= 11 is 9.18. The van der Waals surface area contributed by atoms with Gasteiger partial charge in [-0.1, -0.05) is 0 Å². The highest BCUT2D eigenvalue weighted by molar-refractivity contribution is 8.39. The second-order valence-corrected chi connectivity index (χ2v) is 15.8. The van der Waals surface area contributed by atoms with Gasteiger partial charge in [0, 0.05) is 0 Å². The molecule has 0 saturated carbocycles. The molecule has 0 aliphatic carbocycles. The molecule has 4 aromatic heterocycles. The summed E-state index contributed by atoms with van der Waals surface area (Å²) in [5.41, 5.74) is 8.30. The fourth-order valence-electron chi connectivity index (χ4n) is 5.76. The van der Waals surface area contributed by atoms with E-state index in [0.29, 0.717) is 11.2 Å². The van der Waals surface area contributed by atoms with Crippen LogP contribution in [0, 0.1) is 0 Å². The number of aliphatic hydroxyl groups excluding tert-OH is 1. The minimum Gasteiger partial charge on any atom is -0.387 e. The largest absolute Gasteiger partial charge is 0.582 e. The molecule has 0 radical (unpaired) electrons. The first kappa shape index (κ1) is 30.9. The number of nitrogens with one attached hydrogen (secondary N) is 1. The molecule has 0 spiro atoms. The number of H-pyrrole nitrogens is 1. The van der Waals surface area contributed by atoms with Gasteiger partial charge in [-0.25, -0.2) is 24.3 Å². The lowest BCUT2D eigenvalue weighted by molar-refractivity contribution is -0.182. The van der Waals surface area contributed by atoms with Crippen LogP contribution in [-0.2, 0) is 39.6 Å². The number of alkyl halides is 1. The highest BCUT2D eigenvalue weighted by Crippen LogP contribution is 2.60. The molecule has 45 heavy (non-hydrogen) atoms. The molecule has 2 unspecified atom stereocenters. The highest BCUT2D eigenvalue weighted by Gasteiger charge is 2.63. The van der Waals surface area contributed by atoms with Crippen LogP contribution in [0.15, 0.2) is 23.8 Å². The third-order valence-corrected chi connectivity index (χ3v) is 11.5. The van der Waals surface area contributed by atoms with E-state index in [2.05, 4.69) is 42.2 Å². The zero-order chi connectivity index (χ0) is 31.8. The molecule has 0 amide bonds. The first-order valence-corrected chi connectivity index (χ1v) is 18.2. The maximum absolute atomic E-state index is 16.1. The predicted octanol–water partition coefficient (Wildman–Crippen LogP) is -0.323. The second-order valence-electron chi connectivity index (χ2n) is 10.5. The number of nitrogens with zero attached hydrogens (tertiary/aromatic N) is 7. The van der Waals surface area contributed by atoms with Gasteiger partial charge in [0.1, 0.15) is 66.4 Å². The smallest absolute Gasteiger partial charge is 0.387 e. The highest BCUT2D eigenvalue weighted by atomic mass is 32.7. The number of fused-ring (bicyclic) bond motifs is 4. The third kappa shape index (κ3) is 5.04. The van der Waals surface area contributed by atoms with Gasteiger partial charge >= 0.3 is 7.23 Å². The average molecular weight is 706 g/mol. The van der Waals surface area contributed by atoms with E-state index in [0.717, 1.165) is 6.33 Å². The van der Waals surface area contributed by atoms with E-state index in [9.17, 15) is 19.4 Å². The molecule has 3 fully saturated rings. The number of aromatic nitrogens is 8. The molecule has 19 nitrogen and oxygen atoms in total. The number of thiol groups is 1. The van der Waals surface area contributed by atoms with E-state index in [1.54, 1.807) is 0 Å². The molecule has 3 aliphatic rings. The van der Waals surface area contributed by atoms with Crippen molar-refractivity contribution in [1.82, 2.24) is 39.0 Å². The lowest BCUT2D eigenvalue weighted by atomic mass is 10.0. The van der Waals surface area contributed by atoms with Crippen LogP contribution in [0.5, 0.6) is 0 Å². The van der Waals surface area contributed by atoms with Crippen molar-refractivity contribution in [3.63, 3.8) is 0 Å². The van der Waals surface area contributed by atoms with E-state index < -0.39 is 80.7 Å². The molecular formula is C21H24FN10O9P2S2+. The molecule has 2 bridgehead atoms. The van der Waals surface area contributed by atoms with Crippen LogP contribution in [0.4, 0.5) is 16.2 Å². The number of hydrogen-bond donors (Lipinski definition) is 6. The molecule has 4 aromatic rings. The van der Waals surface area contributed by atoms with Crippen molar-refractivity contribution in [1.29, 1.82) is 0 Å². The van der Waals surface area contributed by atoms with Crippen molar-refractivity contribution in [2.45, 2.75) is 48.2 Å². The van der Waals surface area contributed by atoms with Crippen LogP contribution >= 0.6 is 26.0 Å². The lowest BCUT2D eigenvalue weighted by Gasteiger charge is -2.34. The van der Waals surface area contributed by atoms with Crippen LogP contribution in [0.25, 0.3) is 22.3 Å². The number of ether oxygens (including phenoxy) is 3. The number of aromatic amines is 1. The fourth-order valence-corrected chi connectivity index (χ4v) is 8.72. The van der Waals surface area contributed by atoms with E-state index in [-0.39, 0.29) is 29.5 Å². The van der Waals surface area contributed by atoms with Gasteiger partial charge < -0.3 is 40.2 Å². The zero-order valence-electron chi connectivity index (χ0n) is 22.6. The van der Waals surface area contributed by atoms with Crippen LogP contribution in [-0.4, -0.2) is 105 Å². The first-order chi connectivity index (χ1) is 21.4. The Morgan fingerprint density at radius 1 is 1.22 bits per heavy atom. The van der Waals surface area contributed by atoms with Crippen molar-refractivity contribution >= 4 is 71.9 Å². The molecule has 0 aromatic carbocycles. The summed E-state index contributed by atoms with van der Waals surface area (Å²) in [6, 6.07) is 0. The zero-order valence-corrected chi connectivity index (χ0v) is 26.1. The normalized spacial score (nSPS) is 32.9. The standard InChI is InChI=1S/C21H23FN10O9P2S2/c22-8-7(1-38-42(35)44)40-19(32-6-28-10-16(32)29-20(24)30-17(10)34)12(8)43(36,45)39-3-21-2-37-11(13(21)33)18(41-21)31-5-27-9-14(23)25-4-26-15(9)31/h4-8,11-13,18-19,33H,1-3H2,(H6-,23,24,25,26,29,30,34,35,36,44,45)/p+1/t7-,8-,11-,12-,13+,18-,19-,21-,43?/m1/s1. The molecular weight excluding hydrogens is 681 g/mol. The quantitative estimate of drug-likeness (QED) is 0.0962. The summed E-state index contributed by atoms with van der Waals surface area (Å²) in [6.45, 7) is -5.39. The maximum atomic E-state index is 16.1. The van der Waals surface area contributed by atoms with Crippen molar-refractivity contribution < 1.29 is 42.2 Å². The number of anilines is 2.